The molecule has 0 aliphatic heterocycles. The fraction of sp³-hybridized carbons (Fsp3) is 0.259. The van der Waals surface area contributed by atoms with Crippen LogP contribution >= 0.6 is 31.9 Å². The molecule has 1 aliphatic rings. The number of hydrogen-bond acceptors (Lipinski definition) is 4. The number of aromatic nitrogens is 2. The Morgan fingerprint density at radius 3 is 2.38 bits per heavy atom. The van der Waals surface area contributed by atoms with Crippen LogP contribution in [0.2, 0.25) is 0 Å². The Bertz CT molecular complexity index is 1410. The number of rotatable bonds is 5. The van der Waals surface area contributed by atoms with Crippen LogP contribution in [0.3, 0.4) is 0 Å². The van der Waals surface area contributed by atoms with Gasteiger partial charge in [-0.15, -0.1) is 0 Å². The normalized spacial score (nSPS) is 15.3. The second kappa shape index (κ2) is 10.8. The van der Waals surface area contributed by atoms with Gasteiger partial charge in [0.1, 0.15) is 11.6 Å². The number of alkyl halides is 3. The number of halogens is 5. The molecule has 0 radical (unpaired) electrons. The van der Waals surface area contributed by atoms with E-state index >= 15 is 0 Å². The standard InChI is InChI=1S/C27H21Br2F3N4O/c1-16-22(11-20(14-34-16)27(30,31)32)17-4-6-19(7-5-17)26(8-2-3-9-26)36-25(37)18(13-33)10-24-23(29)12-21(28)15-35-24/h4-7,10-12,14-15H,2-3,8-9H2,1H3,(H,36,37)/b18-10+. The molecular weight excluding hydrogens is 613 g/mol. The van der Waals surface area contributed by atoms with Crippen molar-refractivity contribution in [2.75, 3.05) is 0 Å². The van der Waals surface area contributed by atoms with Gasteiger partial charge in [-0.05, 0) is 81.0 Å². The van der Waals surface area contributed by atoms with Gasteiger partial charge in [0.2, 0.25) is 0 Å². The number of hydrogen-bond donors (Lipinski definition) is 1. The molecule has 1 aromatic carbocycles. The summed E-state index contributed by atoms with van der Waals surface area (Å²) in [7, 11) is 0. The molecule has 0 saturated heterocycles. The van der Waals surface area contributed by atoms with Crippen LogP contribution in [0.15, 0.2) is 63.3 Å². The largest absolute Gasteiger partial charge is 0.417 e. The molecule has 4 rings (SSSR count). The first-order valence-corrected chi connectivity index (χ1v) is 13.0. The summed E-state index contributed by atoms with van der Waals surface area (Å²) < 4.78 is 41.0. The Hall–Kier alpha value is -3.03. The minimum absolute atomic E-state index is 0.0796. The lowest BCUT2D eigenvalue weighted by atomic mass is 9.86. The summed E-state index contributed by atoms with van der Waals surface area (Å²) in [5.41, 5.74) is 1.20. The predicted molar refractivity (Wildman–Crippen MR) is 141 cm³/mol. The fourth-order valence-electron chi connectivity index (χ4n) is 4.51. The van der Waals surface area contributed by atoms with E-state index in [0.717, 1.165) is 35.1 Å². The topological polar surface area (TPSA) is 78.7 Å². The Morgan fingerprint density at radius 2 is 1.78 bits per heavy atom. The van der Waals surface area contributed by atoms with Crippen molar-refractivity contribution in [3.05, 3.63) is 85.8 Å². The van der Waals surface area contributed by atoms with Gasteiger partial charge in [0.25, 0.3) is 5.91 Å². The fourth-order valence-corrected chi connectivity index (χ4v) is 5.62. The van der Waals surface area contributed by atoms with Gasteiger partial charge in [-0.2, -0.15) is 18.4 Å². The highest BCUT2D eigenvalue weighted by atomic mass is 79.9. The van der Waals surface area contributed by atoms with Crippen molar-refractivity contribution in [1.29, 1.82) is 5.26 Å². The number of pyridine rings is 2. The van der Waals surface area contributed by atoms with E-state index in [1.807, 2.05) is 18.2 Å². The highest BCUT2D eigenvalue weighted by molar-refractivity contribution is 9.11. The van der Waals surface area contributed by atoms with Gasteiger partial charge in [0.15, 0.2) is 0 Å². The molecule has 37 heavy (non-hydrogen) atoms. The summed E-state index contributed by atoms with van der Waals surface area (Å²) in [5, 5.41) is 12.7. The van der Waals surface area contributed by atoms with E-state index in [0.29, 0.717) is 39.8 Å². The lowest BCUT2D eigenvalue weighted by molar-refractivity contribution is -0.137. The summed E-state index contributed by atoms with van der Waals surface area (Å²) in [6, 6.07) is 12.0. The van der Waals surface area contributed by atoms with E-state index in [1.54, 1.807) is 31.3 Å². The summed E-state index contributed by atoms with van der Waals surface area (Å²) in [6.07, 6.45) is 2.50. The van der Waals surface area contributed by atoms with Crippen LogP contribution in [0.1, 0.15) is 48.2 Å². The molecular formula is C27H21Br2F3N4O. The Balaban J connectivity index is 1.63. The first kappa shape index (κ1) is 27.0. The third-order valence-corrected chi connectivity index (χ3v) is 7.52. The predicted octanol–water partition coefficient (Wildman–Crippen LogP) is 7.49. The van der Waals surface area contributed by atoms with Gasteiger partial charge >= 0.3 is 6.18 Å². The quantitative estimate of drug-likeness (QED) is 0.233. The molecule has 1 N–H and O–H groups in total. The van der Waals surface area contributed by atoms with Crippen LogP contribution in [-0.4, -0.2) is 15.9 Å². The summed E-state index contributed by atoms with van der Waals surface area (Å²) in [6.45, 7) is 1.66. The lowest BCUT2D eigenvalue weighted by Gasteiger charge is -2.31. The van der Waals surface area contributed by atoms with Crippen molar-refractivity contribution in [3.8, 4) is 17.2 Å². The average molecular weight is 634 g/mol. The molecule has 2 heterocycles. The minimum Gasteiger partial charge on any atom is -0.342 e. The van der Waals surface area contributed by atoms with Crippen LogP contribution in [0.5, 0.6) is 0 Å². The highest BCUT2D eigenvalue weighted by Crippen LogP contribution is 2.40. The Kier molecular flexibility index (Phi) is 7.85. The van der Waals surface area contributed by atoms with Crippen molar-refractivity contribution in [3.63, 3.8) is 0 Å². The van der Waals surface area contributed by atoms with Crippen molar-refractivity contribution in [2.24, 2.45) is 0 Å². The van der Waals surface area contributed by atoms with Crippen LogP contribution in [0.25, 0.3) is 17.2 Å². The van der Waals surface area contributed by atoms with Crippen LogP contribution in [0, 0.1) is 18.3 Å². The molecule has 1 amide bonds. The molecule has 1 aliphatic carbocycles. The van der Waals surface area contributed by atoms with E-state index in [1.165, 1.54) is 6.08 Å². The van der Waals surface area contributed by atoms with Crippen molar-refractivity contribution in [1.82, 2.24) is 15.3 Å². The van der Waals surface area contributed by atoms with Crippen molar-refractivity contribution in [2.45, 2.75) is 44.3 Å². The summed E-state index contributed by atoms with van der Waals surface area (Å²) in [5.74, 6) is -0.511. The van der Waals surface area contributed by atoms with Crippen molar-refractivity contribution < 1.29 is 18.0 Å². The Labute approximate surface area is 229 Å². The number of aryl methyl sites for hydroxylation is 1. The maximum atomic E-state index is 13.2. The molecule has 190 valence electrons. The number of carbonyl (C=O) groups is 1. The third-order valence-electron chi connectivity index (χ3n) is 6.46. The zero-order valence-corrected chi connectivity index (χ0v) is 22.8. The van der Waals surface area contributed by atoms with E-state index < -0.39 is 23.2 Å². The Morgan fingerprint density at radius 1 is 1.11 bits per heavy atom. The van der Waals surface area contributed by atoms with E-state index in [2.05, 4.69) is 47.1 Å². The van der Waals surface area contributed by atoms with Gasteiger partial charge in [-0.25, -0.2) is 0 Å². The number of nitrogens with zero attached hydrogens (tertiary/aromatic N) is 3. The molecule has 10 heteroatoms. The van der Waals surface area contributed by atoms with E-state index in [-0.39, 0.29) is 5.57 Å². The number of benzene rings is 1. The molecule has 0 spiro atoms. The second-order valence-electron chi connectivity index (χ2n) is 8.87. The molecule has 1 fully saturated rings. The van der Waals surface area contributed by atoms with Crippen molar-refractivity contribution >= 4 is 43.8 Å². The van der Waals surface area contributed by atoms with Gasteiger partial charge in [0, 0.05) is 32.6 Å². The second-order valence-corrected chi connectivity index (χ2v) is 10.6. The van der Waals surface area contributed by atoms with Crippen LogP contribution < -0.4 is 5.32 Å². The number of amides is 1. The van der Waals surface area contributed by atoms with Crippen LogP contribution in [0.4, 0.5) is 13.2 Å². The zero-order chi connectivity index (χ0) is 26.8. The molecule has 0 unspecified atom stereocenters. The first-order chi connectivity index (χ1) is 17.5. The summed E-state index contributed by atoms with van der Waals surface area (Å²) >= 11 is 6.72. The smallest absolute Gasteiger partial charge is 0.342 e. The van der Waals surface area contributed by atoms with Gasteiger partial charge < -0.3 is 5.32 Å². The minimum atomic E-state index is -4.49. The average Bonchev–Trinajstić information content (AvgIpc) is 3.33. The lowest BCUT2D eigenvalue weighted by Crippen LogP contribution is -2.44. The molecule has 5 nitrogen and oxygen atoms in total. The van der Waals surface area contributed by atoms with E-state index in [4.69, 9.17) is 0 Å². The number of nitriles is 1. The molecule has 0 atom stereocenters. The maximum Gasteiger partial charge on any atom is 0.417 e. The van der Waals surface area contributed by atoms with Gasteiger partial charge in [0.05, 0.1) is 16.8 Å². The first-order valence-electron chi connectivity index (χ1n) is 11.4. The highest BCUT2D eigenvalue weighted by Gasteiger charge is 2.38. The maximum absolute atomic E-state index is 13.2. The molecule has 1 saturated carbocycles. The van der Waals surface area contributed by atoms with Gasteiger partial charge in [-0.3, -0.25) is 14.8 Å². The number of nitrogens with one attached hydrogen (secondary N) is 1. The molecule has 0 bridgehead atoms. The molecule has 2 aromatic heterocycles. The summed E-state index contributed by atoms with van der Waals surface area (Å²) in [4.78, 5) is 21.4. The zero-order valence-electron chi connectivity index (χ0n) is 19.7. The number of carbonyl (C=O) groups excluding carboxylic acids is 1. The SMILES string of the molecule is Cc1ncc(C(F)(F)F)cc1-c1ccc(C2(NC(=O)/C(C#N)=C/c3ncc(Br)cc3Br)CCCC2)cc1. The van der Waals surface area contributed by atoms with Crippen LogP contribution in [-0.2, 0) is 16.5 Å². The third kappa shape index (κ3) is 5.94. The van der Waals surface area contributed by atoms with Gasteiger partial charge in [-0.1, -0.05) is 37.1 Å². The monoisotopic (exact) mass is 632 g/mol. The molecule has 3 aromatic rings. The van der Waals surface area contributed by atoms with E-state index in [9.17, 15) is 23.2 Å².